The summed E-state index contributed by atoms with van der Waals surface area (Å²) in [6.45, 7) is 1.07. The minimum Gasteiger partial charge on any atom is -0.488 e. The average molecular weight is 301 g/mol. The molecule has 0 saturated heterocycles. The van der Waals surface area contributed by atoms with E-state index in [1.54, 1.807) is 0 Å². The van der Waals surface area contributed by atoms with E-state index in [1.807, 2.05) is 0 Å². The molecule has 1 heterocycles. The van der Waals surface area contributed by atoms with E-state index in [1.165, 1.54) is 19.1 Å². The molecule has 21 heavy (non-hydrogen) atoms. The summed E-state index contributed by atoms with van der Waals surface area (Å²) in [6, 6.07) is 4.67. The second kappa shape index (κ2) is 5.47. The number of aromatic nitrogens is 1. The third kappa shape index (κ3) is 3.15. The summed E-state index contributed by atoms with van der Waals surface area (Å²) in [5.74, 6) is -1.55. The van der Waals surface area contributed by atoms with Gasteiger partial charge in [0.2, 0.25) is 0 Å². The largest absolute Gasteiger partial charge is 0.488 e. The van der Waals surface area contributed by atoms with Crippen molar-refractivity contribution in [1.29, 1.82) is 0 Å². The van der Waals surface area contributed by atoms with Gasteiger partial charge < -0.3 is 14.4 Å². The van der Waals surface area contributed by atoms with Crippen LogP contribution in [-0.4, -0.2) is 16.2 Å². The number of carbonyl (C=O) groups is 1. The zero-order valence-corrected chi connectivity index (χ0v) is 10.8. The van der Waals surface area contributed by atoms with Gasteiger partial charge >= 0.3 is 12.1 Å². The van der Waals surface area contributed by atoms with Crippen molar-refractivity contribution in [2.75, 3.05) is 0 Å². The maximum Gasteiger partial charge on any atom is 0.419 e. The molecule has 112 valence electrons. The Bertz CT molecular complexity index is 664. The normalized spacial score (nSPS) is 11.4. The van der Waals surface area contributed by atoms with E-state index in [2.05, 4.69) is 5.16 Å². The molecule has 0 atom stereocenters. The minimum atomic E-state index is -4.56. The SMILES string of the molecule is Cc1onc(C(=O)O)c1COc1ccccc1C(F)(F)F. The average Bonchev–Trinajstić information content (AvgIpc) is 2.77. The predicted octanol–water partition coefficient (Wildman–Crippen LogP) is 3.28. The summed E-state index contributed by atoms with van der Waals surface area (Å²) in [6.07, 6.45) is -4.56. The zero-order chi connectivity index (χ0) is 15.6. The first-order chi connectivity index (χ1) is 9.80. The van der Waals surface area contributed by atoms with Gasteiger partial charge in [-0.15, -0.1) is 0 Å². The molecule has 0 fully saturated rings. The maximum atomic E-state index is 12.8. The third-order valence-corrected chi connectivity index (χ3v) is 2.75. The van der Waals surface area contributed by atoms with Crippen molar-refractivity contribution >= 4 is 5.97 Å². The second-order valence-electron chi connectivity index (χ2n) is 4.15. The lowest BCUT2D eigenvalue weighted by atomic mass is 10.2. The van der Waals surface area contributed by atoms with E-state index < -0.39 is 17.7 Å². The monoisotopic (exact) mass is 301 g/mol. The van der Waals surface area contributed by atoms with E-state index in [-0.39, 0.29) is 29.4 Å². The van der Waals surface area contributed by atoms with Crippen LogP contribution in [0.5, 0.6) is 5.75 Å². The van der Waals surface area contributed by atoms with Crippen molar-refractivity contribution < 1.29 is 32.3 Å². The molecule has 0 aliphatic rings. The lowest BCUT2D eigenvalue weighted by Crippen LogP contribution is -2.10. The van der Waals surface area contributed by atoms with Crippen LogP contribution in [0.4, 0.5) is 13.2 Å². The van der Waals surface area contributed by atoms with Gasteiger partial charge in [-0.2, -0.15) is 13.2 Å². The first-order valence-corrected chi connectivity index (χ1v) is 5.78. The number of nitrogens with zero attached hydrogens (tertiary/aromatic N) is 1. The van der Waals surface area contributed by atoms with Crippen LogP contribution in [0.3, 0.4) is 0 Å². The number of benzene rings is 1. The Hall–Kier alpha value is -2.51. The summed E-state index contributed by atoms with van der Waals surface area (Å²) in [5.41, 5.74) is -1.22. The van der Waals surface area contributed by atoms with Crippen molar-refractivity contribution in [3.8, 4) is 5.75 Å². The van der Waals surface area contributed by atoms with Gasteiger partial charge in [0.05, 0.1) is 11.1 Å². The van der Waals surface area contributed by atoms with Gasteiger partial charge in [-0.1, -0.05) is 17.3 Å². The Kier molecular flexibility index (Phi) is 3.88. The quantitative estimate of drug-likeness (QED) is 0.938. The molecule has 0 spiro atoms. The van der Waals surface area contributed by atoms with Crippen molar-refractivity contribution in [2.45, 2.75) is 19.7 Å². The molecule has 8 heteroatoms. The minimum absolute atomic E-state index is 0.0967. The summed E-state index contributed by atoms with van der Waals surface area (Å²) >= 11 is 0. The van der Waals surface area contributed by atoms with Crippen LogP contribution in [0.2, 0.25) is 0 Å². The van der Waals surface area contributed by atoms with Gasteiger partial charge in [0.1, 0.15) is 18.1 Å². The summed E-state index contributed by atoms with van der Waals surface area (Å²) in [7, 11) is 0. The van der Waals surface area contributed by atoms with Crippen LogP contribution in [0.15, 0.2) is 28.8 Å². The van der Waals surface area contributed by atoms with E-state index >= 15 is 0 Å². The number of rotatable bonds is 4. The number of ether oxygens (including phenoxy) is 1. The van der Waals surface area contributed by atoms with E-state index in [9.17, 15) is 18.0 Å². The molecule has 0 aliphatic carbocycles. The standard InChI is InChI=1S/C13H10F3NO4/c1-7-8(11(12(18)19)17-21-7)6-20-10-5-3-2-4-9(10)13(14,15)16/h2-5H,6H2,1H3,(H,18,19). The third-order valence-electron chi connectivity index (χ3n) is 2.75. The molecule has 1 N–H and O–H groups in total. The van der Waals surface area contributed by atoms with Crippen LogP contribution in [-0.2, 0) is 12.8 Å². The number of hydrogen-bond donors (Lipinski definition) is 1. The van der Waals surface area contributed by atoms with Gasteiger partial charge in [-0.3, -0.25) is 0 Å². The molecule has 2 aromatic rings. The number of aromatic carboxylic acids is 1. The molecular weight excluding hydrogens is 291 g/mol. The molecule has 5 nitrogen and oxygen atoms in total. The Balaban J connectivity index is 2.26. The number of carboxylic acids is 1. The van der Waals surface area contributed by atoms with Crippen LogP contribution in [0.1, 0.15) is 27.4 Å². The lowest BCUT2D eigenvalue weighted by molar-refractivity contribution is -0.139. The van der Waals surface area contributed by atoms with Gasteiger partial charge in [-0.05, 0) is 19.1 Å². The van der Waals surface area contributed by atoms with Crippen molar-refractivity contribution in [3.05, 3.63) is 46.8 Å². The second-order valence-corrected chi connectivity index (χ2v) is 4.15. The number of hydrogen-bond acceptors (Lipinski definition) is 4. The lowest BCUT2D eigenvalue weighted by Gasteiger charge is -2.13. The van der Waals surface area contributed by atoms with Crippen molar-refractivity contribution in [1.82, 2.24) is 5.16 Å². The van der Waals surface area contributed by atoms with E-state index in [4.69, 9.17) is 14.4 Å². The topological polar surface area (TPSA) is 72.6 Å². The molecular formula is C13H10F3NO4. The fourth-order valence-corrected chi connectivity index (χ4v) is 1.71. The maximum absolute atomic E-state index is 12.8. The highest BCUT2D eigenvalue weighted by Crippen LogP contribution is 2.36. The highest BCUT2D eigenvalue weighted by molar-refractivity contribution is 5.87. The molecule has 1 aromatic heterocycles. The Morgan fingerprint density at radius 1 is 1.38 bits per heavy atom. The van der Waals surface area contributed by atoms with Crippen LogP contribution < -0.4 is 4.74 Å². The predicted molar refractivity (Wildman–Crippen MR) is 64.0 cm³/mol. The fourth-order valence-electron chi connectivity index (χ4n) is 1.71. The van der Waals surface area contributed by atoms with E-state index in [0.717, 1.165) is 12.1 Å². The van der Waals surface area contributed by atoms with Gasteiger partial charge in [0, 0.05) is 0 Å². The molecule has 2 rings (SSSR count). The highest BCUT2D eigenvalue weighted by atomic mass is 19.4. The molecule has 0 unspecified atom stereocenters. The summed E-state index contributed by atoms with van der Waals surface area (Å²) in [4.78, 5) is 10.9. The molecule has 0 saturated carbocycles. The summed E-state index contributed by atoms with van der Waals surface area (Å²) < 4.78 is 48.2. The first-order valence-electron chi connectivity index (χ1n) is 5.78. The number of para-hydroxylation sites is 1. The smallest absolute Gasteiger partial charge is 0.419 e. The van der Waals surface area contributed by atoms with Gasteiger partial charge in [0.15, 0.2) is 5.69 Å². The Morgan fingerprint density at radius 3 is 2.67 bits per heavy atom. The van der Waals surface area contributed by atoms with Gasteiger partial charge in [-0.25, -0.2) is 4.79 Å². The van der Waals surface area contributed by atoms with Gasteiger partial charge in [0.25, 0.3) is 0 Å². The number of alkyl halides is 3. The van der Waals surface area contributed by atoms with Crippen molar-refractivity contribution in [3.63, 3.8) is 0 Å². The Labute approximate surface area is 116 Å². The summed E-state index contributed by atoms with van der Waals surface area (Å²) in [5, 5.41) is 12.2. The van der Waals surface area contributed by atoms with Crippen LogP contribution >= 0.6 is 0 Å². The fraction of sp³-hybridized carbons (Fsp3) is 0.231. The molecule has 0 aliphatic heterocycles. The molecule has 1 aromatic carbocycles. The molecule has 0 bridgehead atoms. The first kappa shape index (κ1) is 14.9. The van der Waals surface area contributed by atoms with Crippen LogP contribution in [0, 0.1) is 6.92 Å². The number of carboxylic acid groups (broad SMARTS) is 1. The highest BCUT2D eigenvalue weighted by Gasteiger charge is 2.34. The molecule has 0 radical (unpaired) electrons. The number of halogens is 3. The van der Waals surface area contributed by atoms with Crippen LogP contribution in [0.25, 0.3) is 0 Å². The van der Waals surface area contributed by atoms with Crippen molar-refractivity contribution in [2.24, 2.45) is 0 Å². The Morgan fingerprint density at radius 2 is 2.05 bits per heavy atom. The zero-order valence-electron chi connectivity index (χ0n) is 10.8. The van der Waals surface area contributed by atoms with E-state index in [0.29, 0.717) is 0 Å². The number of aryl methyl sites for hydroxylation is 1. The molecule has 0 amide bonds.